The summed E-state index contributed by atoms with van der Waals surface area (Å²) in [5, 5.41) is 0.590. The second-order valence-electron chi connectivity index (χ2n) is 2.98. The van der Waals surface area contributed by atoms with Crippen molar-refractivity contribution in [1.82, 2.24) is 0 Å². The second kappa shape index (κ2) is 6.98. The largest absolute Gasteiger partial charge is 0.496 e. The van der Waals surface area contributed by atoms with Crippen molar-refractivity contribution in [1.29, 1.82) is 0 Å². The van der Waals surface area contributed by atoms with Gasteiger partial charge in [-0.25, -0.2) is 0 Å². The number of ether oxygens (including phenoxy) is 1. The molecule has 0 aromatic carbocycles. The summed E-state index contributed by atoms with van der Waals surface area (Å²) >= 11 is 5.86. The maximum Gasteiger partial charge on any atom is 0.114 e. The van der Waals surface area contributed by atoms with Crippen LogP contribution in [0.1, 0.15) is 20.3 Å². The zero-order chi connectivity index (χ0) is 10.3. The van der Waals surface area contributed by atoms with E-state index in [1.54, 1.807) is 6.08 Å². The van der Waals surface area contributed by atoms with E-state index in [0.717, 1.165) is 12.2 Å². The molecule has 0 amide bonds. The van der Waals surface area contributed by atoms with Gasteiger partial charge in [0.1, 0.15) is 5.76 Å². The Bertz CT molecular complexity index is 189. The Morgan fingerprint density at radius 2 is 2.31 bits per heavy atom. The predicted molar refractivity (Wildman–Crippen MR) is 57.5 cm³/mol. The van der Waals surface area contributed by atoms with Gasteiger partial charge in [0.2, 0.25) is 0 Å². The first kappa shape index (κ1) is 12.5. The van der Waals surface area contributed by atoms with Crippen LogP contribution in [-0.2, 0) is 4.74 Å². The molecule has 0 heterocycles. The molecule has 0 aliphatic heterocycles. The lowest BCUT2D eigenvalue weighted by Crippen LogP contribution is -2.16. The molecule has 0 aromatic rings. The fourth-order valence-corrected chi connectivity index (χ4v) is 0.953. The average Bonchev–Trinajstić information content (AvgIpc) is 2.17. The van der Waals surface area contributed by atoms with Crippen molar-refractivity contribution in [2.45, 2.75) is 20.3 Å². The lowest BCUT2D eigenvalue weighted by Gasteiger charge is -2.13. The maximum atomic E-state index is 5.86. The summed E-state index contributed by atoms with van der Waals surface area (Å²) in [5.74, 6) is 1.15. The molecule has 0 spiro atoms. The van der Waals surface area contributed by atoms with E-state index in [2.05, 4.69) is 6.58 Å². The van der Waals surface area contributed by atoms with E-state index in [4.69, 9.17) is 22.1 Å². The topological polar surface area (TPSA) is 35.2 Å². The van der Waals surface area contributed by atoms with Gasteiger partial charge in [0, 0.05) is 12.3 Å². The van der Waals surface area contributed by atoms with E-state index in [0.29, 0.717) is 24.1 Å². The number of hydrogen-bond acceptors (Lipinski definition) is 2. The van der Waals surface area contributed by atoms with E-state index in [9.17, 15) is 0 Å². The fourth-order valence-electron chi connectivity index (χ4n) is 0.765. The summed E-state index contributed by atoms with van der Waals surface area (Å²) in [5.41, 5.74) is 5.46. The smallest absolute Gasteiger partial charge is 0.114 e. The standard InChI is InChI=1S/C10H18ClNO/c1-4-9(11)10(5-2)13-7-8(3)6-12/h4,8H,1,5-7,12H2,2-3H3/b10-9-. The molecule has 0 aromatic heterocycles. The van der Waals surface area contributed by atoms with Crippen LogP contribution in [0.4, 0.5) is 0 Å². The van der Waals surface area contributed by atoms with Crippen molar-refractivity contribution in [3.05, 3.63) is 23.4 Å². The van der Waals surface area contributed by atoms with Crippen LogP contribution in [0.15, 0.2) is 23.4 Å². The highest BCUT2D eigenvalue weighted by Gasteiger charge is 2.04. The molecule has 76 valence electrons. The third kappa shape index (κ3) is 4.96. The first-order valence-corrected chi connectivity index (χ1v) is 4.87. The average molecular weight is 204 g/mol. The third-order valence-electron chi connectivity index (χ3n) is 1.71. The summed E-state index contributed by atoms with van der Waals surface area (Å²) in [6, 6.07) is 0. The molecule has 0 saturated heterocycles. The fraction of sp³-hybridized carbons (Fsp3) is 0.600. The number of halogens is 1. The SMILES string of the molecule is C=C/C(Cl)=C(\CC)OCC(C)CN. The first-order valence-electron chi connectivity index (χ1n) is 4.49. The molecule has 3 heteroatoms. The van der Waals surface area contributed by atoms with Crippen LogP contribution < -0.4 is 5.73 Å². The summed E-state index contributed by atoms with van der Waals surface area (Å²) in [6.07, 6.45) is 2.37. The highest BCUT2D eigenvalue weighted by Crippen LogP contribution is 2.15. The van der Waals surface area contributed by atoms with Crippen LogP contribution in [0.2, 0.25) is 0 Å². The summed E-state index contributed by atoms with van der Waals surface area (Å²) in [4.78, 5) is 0. The van der Waals surface area contributed by atoms with Gasteiger partial charge >= 0.3 is 0 Å². The minimum atomic E-state index is 0.357. The molecule has 1 atom stereocenters. The molecule has 13 heavy (non-hydrogen) atoms. The van der Waals surface area contributed by atoms with Crippen LogP contribution in [0.25, 0.3) is 0 Å². The molecule has 2 N–H and O–H groups in total. The molecular formula is C10H18ClNO. The summed E-state index contributed by atoms with van der Waals surface area (Å²) in [6.45, 7) is 8.86. The third-order valence-corrected chi connectivity index (χ3v) is 2.08. The normalized spacial score (nSPS) is 14.8. The molecule has 0 aliphatic carbocycles. The molecule has 1 unspecified atom stereocenters. The van der Waals surface area contributed by atoms with Crippen molar-refractivity contribution < 1.29 is 4.74 Å². The highest BCUT2D eigenvalue weighted by molar-refractivity contribution is 6.31. The van der Waals surface area contributed by atoms with Crippen molar-refractivity contribution in [3.8, 4) is 0 Å². The molecule has 0 fully saturated rings. The van der Waals surface area contributed by atoms with Crippen molar-refractivity contribution in [3.63, 3.8) is 0 Å². The van der Waals surface area contributed by atoms with Gasteiger partial charge in [-0.1, -0.05) is 32.0 Å². The Morgan fingerprint density at radius 3 is 2.69 bits per heavy atom. The van der Waals surface area contributed by atoms with Crippen LogP contribution in [0.5, 0.6) is 0 Å². The maximum absolute atomic E-state index is 5.86. The number of rotatable bonds is 6. The molecular weight excluding hydrogens is 186 g/mol. The summed E-state index contributed by atoms with van der Waals surface area (Å²) < 4.78 is 5.49. The van der Waals surface area contributed by atoms with Gasteiger partial charge in [-0.3, -0.25) is 0 Å². The van der Waals surface area contributed by atoms with E-state index in [1.165, 1.54) is 0 Å². The Labute approximate surface area is 85.4 Å². The molecule has 0 saturated carbocycles. The van der Waals surface area contributed by atoms with Crippen LogP contribution >= 0.6 is 11.6 Å². The Morgan fingerprint density at radius 1 is 1.69 bits per heavy atom. The first-order chi connectivity index (χ1) is 6.15. The lowest BCUT2D eigenvalue weighted by atomic mass is 10.2. The monoisotopic (exact) mass is 203 g/mol. The minimum absolute atomic E-state index is 0.357. The lowest BCUT2D eigenvalue weighted by molar-refractivity contribution is 0.168. The van der Waals surface area contributed by atoms with Gasteiger partial charge in [0.15, 0.2) is 0 Å². The van der Waals surface area contributed by atoms with Crippen LogP contribution in [0.3, 0.4) is 0 Å². The van der Waals surface area contributed by atoms with Gasteiger partial charge in [-0.05, 0) is 12.6 Å². The molecule has 0 bridgehead atoms. The Kier molecular flexibility index (Phi) is 6.73. The zero-order valence-corrected chi connectivity index (χ0v) is 9.10. The molecule has 0 radical (unpaired) electrons. The number of allylic oxidation sites excluding steroid dienone is 3. The van der Waals surface area contributed by atoms with Gasteiger partial charge in [-0.2, -0.15) is 0 Å². The van der Waals surface area contributed by atoms with Crippen molar-refractivity contribution >= 4 is 11.6 Å². The number of hydrogen-bond donors (Lipinski definition) is 1. The van der Waals surface area contributed by atoms with E-state index < -0.39 is 0 Å². The Balaban J connectivity index is 4.07. The van der Waals surface area contributed by atoms with Crippen molar-refractivity contribution in [2.24, 2.45) is 11.7 Å². The number of nitrogens with two attached hydrogens (primary N) is 1. The summed E-state index contributed by atoms with van der Waals surface area (Å²) in [7, 11) is 0. The van der Waals surface area contributed by atoms with Crippen LogP contribution in [0, 0.1) is 5.92 Å². The quantitative estimate of drug-likeness (QED) is 0.532. The van der Waals surface area contributed by atoms with E-state index in [1.807, 2.05) is 13.8 Å². The van der Waals surface area contributed by atoms with E-state index >= 15 is 0 Å². The van der Waals surface area contributed by atoms with E-state index in [-0.39, 0.29) is 0 Å². The van der Waals surface area contributed by atoms with Gasteiger partial charge < -0.3 is 10.5 Å². The minimum Gasteiger partial charge on any atom is -0.496 e. The van der Waals surface area contributed by atoms with Gasteiger partial charge in [0.25, 0.3) is 0 Å². The van der Waals surface area contributed by atoms with Gasteiger partial charge in [0.05, 0.1) is 11.6 Å². The molecule has 0 aliphatic rings. The Hall–Kier alpha value is -0.470. The van der Waals surface area contributed by atoms with Crippen LogP contribution in [-0.4, -0.2) is 13.2 Å². The van der Waals surface area contributed by atoms with Crippen molar-refractivity contribution in [2.75, 3.05) is 13.2 Å². The molecule has 0 rings (SSSR count). The second-order valence-corrected chi connectivity index (χ2v) is 3.39. The zero-order valence-electron chi connectivity index (χ0n) is 8.35. The van der Waals surface area contributed by atoms with Gasteiger partial charge in [-0.15, -0.1) is 0 Å². The highest BCUT2D eigenvalue weighted by atomic mass is 35.5. The predicted octanol–water partition coefficient (Wildman–Crippen LogP) is 2.64. The molecule has 2 nitrogen and oxygen atoms in total.